The Balaban J connectivity index is 1.52. The Morgan fingerprint density at radius 2 is 2.00 bits per heavy atom. The molecule has 2 N–H and O–H groups in total. The van der Waals surface area contributed by atoms with Crippen molar-refractivity contribution < 1.29 is 13.9 Å². The Hall–Kier alpha value is -4.20. The summed E-state index contributed by atoms with van der Waals surface area (Å²) in [5, 5.41) is 11.5. The Morgan fingerprint density at radius 3 is 2.68 bits per heavy atom. The van der Waals surface area contributed by atoms with Gasteiger partial charge in [0.05, 0.1) is 25.4 Å². The summed E-state index contributed by atoms with van der Waals surface area (Å²) < 4.78 is 22.7. The fraction of sp³-hybridized carbons (Fsp3) is 0.276. The van der Waals surface area contributed by atoms with E-state index < -0.39 is 0 Å². The van der Waals surface area contributed by atoms with Crippen LogP contribution in [0.2, 0.25) is 0 Å². The van der Waals surface area contributed by atoms with E-state index in [4.69, 9.17) is 10.1 Å². The van der Waals surface area contributed by atoms with Crippen LogP contribution in [0.3, 0.4) is 0 Å². The molecule has 37 heavy (non-hydrogen) atoms. The molecule has 0 unspecified atom stereocenters. The Morgan fingerprint density at radius 1 is 1.19 bits per heavy atom. The number of ether oxygens (including phenoxy) is 1. The monoisotopic (exact) mass is 499 g/mol. The van der Waals surface area contributed by atoms with Gasteiger partial charge in [0.15, 0.2) is 0 Å². The quantitative estimate of drug-likeness (QED) is 0.367. The zero-order valence-corrected chi connectivity index (χ0v) is 21.2. The number of aryl methyl sites for hydroxylation is 2. The fourth-order valence-corrected chi connectivity index (χ4v) is 4.68. The smallest absolute Gasteiger partial charge is 0.251 e. The molecule has 5 rings (SSSR count). The molecule has 1 atom stereocenters. The molecule has 2 aromatic heterocycles. The number of rotatable bonds is 8. The molecule has 7 nitrogen and oxygen atoms in total. The summed E-state index contributed by atoms with van der Waals surface area (Å²) in [6.07, 6.45) is 7.42. The highest BCUT2D eigenvalue weighted by atomic mass is 19.1. The Bertz CT molecular complexity index is 1520. The van der Waals surface area contributed by atoms with Crippen molar-refractivity contribution in [2.45, 2.75) is 32.4 Å². The summed E-state index contributed by atoms with van der Waals surface area (Å²) in [7, 11) is 3.43. The van der Waals surface area contributed by atoms with E-state index in [-0.39, 0.29) is 17.8 Å². The summed E-state index contributed by atoms with van der Waals surface area (Å²) in [6.45, 7) is 2.29. The molecular formula is C29H30FN5O2. The van der Waals surface area contributed by atoms with Gasteiger partial charge in [-0.15, -0.1) is 0 Å². The van der Waals surface area contributed by atoms with Crippen molar-refractivity contribution in [1.82, 2.24) is 19.4 Å². The molecule has 1 fully saturated rings. The number of carbonyl (C=O) groups excluding carboxylic acids is 1. The van der Waals surface area contributed by atoms with E-state index in [9.17, 15) is 9.18 Å². The first kappa shape index (κ1) is 24.5. The van der Waals surface area contributed by atoms with E-state index in [1.54, 1.807) is 30.0 Å². The van der Waals surface area contributed by atoms with Gasteiger partial charge in [0.1, 0.15) is 11.6 Å². The van der Waals surface area contributed by atoms with Crippen LogP contribution in [0.1, 0.15) is 46.1 Å². The lowest BCUT2D eigenvalue weighted by molar-refractivity contribution is 0.0930. The van der Waals surface area contributed by atoms with Crippen molar-refractivity contribution >= 4 is 5.91 Å². The van der Waals surface area contributed by atoms with Gasteiger partial charge in [-0.25, -0.2) is 4.39 Å². The minimum absolute atomic E-state index is 0.200. The van der Waals surface area contributed by atoms with Crippen LogP contribution in [0.4, 0.5) is 4.39 Å². The number of imidazole rings is 1. The van der Waals surface area contributed by atoms with E-state index in [0.717, 1.165) is 40.8 Å². The van der Waals surface area contributed by atoms with Crippen LogP contribution in [0, 0.1) is 24.1 Å². The lowest BCUT2D eigenvalue weighted by Crippen LogP contribution is -2.30. The summed E-state index contributed by atoms with van der Waals surface area (Å²) in [4.78, 5) is 18.1. The molecule has 0 saturated heterocycles. The minimum Gasteiger partial charge on any atom is -0.497 e. The standard InChI is InChI=1S/C29H30FN5O2/c1-18-12-23(30)6-7-25(18)21-13-19(17-35-11-10-34(2)29(35)31)14-22(15-21)28(36)33-27(20-4-5-20)26-16-24(37-3)8-9-32-26/h6-16,20,27,31H,4-5,17H2,1-3H3,(H,33,36)/t27-/m1/s1. The predicted octanol–water partition coefficient (Wildman–Crippen LogP) is 4.75. The molecule has 190 valence electrons. The number of halogens is 1. The molecule has 1 saturated carbocycles. The molecular weight excluding hydrogens is 469 g/mol. The highest BCUT2D eigenvalue weighted by molar-refractivity contribution is 5.96. The normalized spacial score (nSPS) is 13.8. The van der Waals surface area contributed by atoms with E-state index in [0.29, 0.717) is 29.4 Å². The number of nitrogens with zero attached hydrogens (tertiary/aromatic N) is 3. The van der Waals surface area contributed by atoms with Gasteiger partial charge in [-0.1, -0.05) is 6.07 Å². The van der Waals surface area contributed by atoms with Gasteiger partial charge >= 0.3 is 0 Å². The Kier molecular flexibility index (Phi) is 6.65. The second-order valence-corrected chi connectivity index (χ2v) is 9.65. The topological polar surface area (TPSA) is 84.9 Å². The number of hydrogen-bond acceptors (Lipinski definition) is 4. The van der Waals surface area contributed by atoms with Crippen LogP contribution in [0.5, 0.6) is 5.75 Å². The second-order valence-electron chi connectivity index (χ2n) is 9.65. The fourth-order valence-electron chi connectivity index (χ4n) is 4.68. The third kappa shape index (κ3) is 5.33. The van der Waals surface area contributed by atoms with Crippen LogP contribution in [0.15, 0.2) is 67.1 Å². The van der Waals surface area contributed by atoms with Gasteiger partial charge < -0.3 is 19.2 Å². The lowest BCUT2D eigenvalue weighted by Gasteiger charge is -2.19. The number of amides is 1. The van der Waals surface area contributed by atoms with E-state index >= 15 is 0 Å². The van der Waals surface area contributed by atoms with Crippen molar-refractivity contribution in [3.05, 3.63) is 101 Å². The first-order valence-electron chi connectivity index (χ1n) is 12.3. The van der Waals surface area contributed by atoms with Gasteiger partial charge in [-0.05, 0) is 84.3 Å². The Labute approximate surface area is 215 Å². The maximum absolute atomic E-state index is 13.8. The molecule has 1 aliphatic carbocycles. The number of pyridine rings is 1. The van der Waals surface area contributed by atoms with Gasteiger partial charge in [-0.3, -0.25) is 15.2 Å². The van der Waals surface area contributed by atoms with Crippen molar-refractivity contribution in [3.8, 4) is 16.9 Å². The summed E-state index contributed by atoms with van der Waals surface area (Å²) in [5.74, 6) is 0.531. The van der Waals surface area contributed by atoms with Crippen LogP contribution < -0.4 is 15.7 Å². The zero-order valence-electron chi connectivity index (χ0n) is 21.2. The van der Waals surface area contributed by atoms with Gasteiger partial charge in [-0.2, -0.15) is 0 Å². The highest BCUT2D eigenvalue weighted by Gasteiger charge is 2.35. The molecule has 8 heteroatoms. The van der Waals surface area contributed by atoms with Gasteiger partial charge in [0.25, 0.3) is 5.91 Å². The van der Waals surface area contributed by atoms with E-state index in [2.05, 4.69) is 10.3 Å². The molecule has 2 aromatic carbocycles. The van der Waals surface area contributed by atoms with Crippen LogP contribution >= 0.6 is 0 Å². The number of carbonyl (C=O) groups is 1. The van der Waals surface area contributed by atoms with Crippen molar-refractivity contribution in [2.24, 2.45) is 13.0 Å². The predicted molar refractivity (Wildman–Crippen MR) is 139 cm³/mol. The van der Waals surface area contributed by atoms with Crippen molar-refractivity contribution in [1.29, 1.82) is 5.41 Å². The molecule has 4 aromatic rings. The second kappa shape index (κ2) is 10.0. The van der Waals surface area contributed by atoms with Gasteiger partial charge in [0, 0.05) is 37.3 Å². The molecule has 2 heterocycles. The number of benzene rings is 2. The molecule has 0 radical (unpaired) electrons. The molecule has 0 aliphatic heterocycles. The number of methoxy groups -OCH3 is 1. The van der Waals surface area contributed by atoms with Crippen LogP contribution in [0.25, 0.3) is 11.1 Å². The zero-order chi connectivity index (χ0) is 26.1. The van der Waals surface area contributed by atoms with Crippen molar-refractivity contribution in [2.75, 3.05) is 7.11 Å². The SMILES string of the molecule is COc1ccnc([C@H](NC(=O)c2cc(Cn3ccn(C)c3=N)cc(-c3ccc(F)cc3C)c2)C2CC2)c1. The molecule has 1 amide bonds. The average Bonchev–Trinajstić information content (AvgIpc) is 3.69. The largest absolute Gasteiger partial charge is 0.497 e. The highest BCUT2D eigenvalue weighted by Crippen LogP contribution is 2.41. The summed E-state index contributed by atoms with van der Waals surface area (Å²) in [5.41, 5.74) is 4.98. The van der Waals surface area contributed by atoms with Crippen LogP contribution in [-0.2, 0) is 13.6 Å². The summed E-state index contributed by atoms with van der Waals surface area (Å²) >= 11 is 0. The third-order valence-electron chi connectivity index (χ3n) is 6.87. The third-order valence-corrected chi connectivity index (χ3v) is 6.87. The molecule has 0 bridgehead atoms. The number of hydrogen-bond donors (Lipinski definition) is 2. The molecule has 1 aliphatic rings. The van der Waals surface area contributed by atoms with E-state index in [1.165, 1.54) is 12.1 Å². The lowest BCUT2D eigenvalue weighted by atomic mass is 9.95. The first-order chi connectivity index (χ1) is 17.8. The number of nitrogens with one attached hydrogen (secondary N) is 2. The minimum atomic E-state index is -0.299. The maximum Gasteiger partial charge on any atom is 0.251 e. The number of aromatic nitrogens is 3. The van der Waals surface area contributed by atoms with E-state index in [1.807, 2.05) is 55.2 Å². The molecule has 0 spiro atoms. The summed E-state index contributed by atoms with van der Waals surface area (Å²) in [6, 6.07) is 13.8. The average molecular weight is 500 g/mol. The van der Waals surface area contributed by atoms with Gasteiger partial charge in [0.2, 0.25) is 5.62 Å². The van der Waals surface area contributed by atoms with Crippen molar-refractivity contribution in [3.63, 3.8) is 0 Å². The maximum atomic E-state index is 13.8. The first-order valence-corrected chi connectivity index (χ1v) is 12.3. The van der Waals surface area contributed by atoms with Crippen LogP contribution in [-0.4, -0.2) is 27.1 Å².